The monoisotopic (exact) mass is 275 g/mol. The molecule has 1 N–H and O–H groups in total. The molecule has 1 atom stereocenters. The van der Waals surface area contributed by atoms with Gasteiger partial charge in [-0.2, -0.15) is 0 Å². The lowest BCUT2D eigenvalue weighted by Gasteiger charge is -2.18. The van der Waals surface area contributed by atoms with Gasteiger partial charge < -0.3 is 19.5 Å². The average molecular weight is 275 g/mol. The highest BCUT2D eigenvalue weighted by Gasteiger charge is 2.08. The third-order valence-corrected chi connectivity index (χ3v) is 2.99. The van der Waals surface area contributed by atoms with E-state index < -0.39 is 0 Å². The van der Waals surface area contributed by atoms with Crippen LogP contribution in [0.4, 0.5) is 0 Å². The number of methoxy groups -OCH3 is 1. The zero-order valence-corrected chi connectivity index (χ0v) is 13.2. The normalized spacial score (nSPS) is 13.1. The largest absolute Gasteiger partial charge is 0.382 e. The van der Waals surface area contributed by atoms with Gasteiger partial charge in [-0.1, -0.05) is 27.2 Å². The Hall–Kier alpha value is -0.160. The maximum Gasteiger partial charge on any atom is 0.0701 e. The minimum Gasteiger partial charge on any atom is -0.382 e. The standard InChI is InChI=1S/C15H33NO3/c1-5-6-15(13-16-14(2)3)7-8-18-11-12-19-10-9-17-4/h14-16H,5-13H2,1-4H3. The van der Waals surface area contributed by atoms with Crippen LogP contribution in [0.5, 0.6) is 0 Å². The van der Waals surface area contributed by atoms with Crippen LogP contribution in [0, 0.1) is 5.92 Å². The molecular formula is C15H33NO3. The Labute approximate surface area is 119 Å². The SMILES string of the molecule is CCCC(CCOCCOCCOC)CNC(C)C. The summed E-state index contributed by atoms with van der Waals surface area (Å²) in [7, 11) is 1.68. The van der Waals surface area contributed by atoms with Gasteiger partial charge >= 0.3 is 0 Å². The van der Waals surface area contributed by atoms with Gasteiger partial charge in [-0.05, 0) is 25.3 Å². The third kappa shape index (κ3) is 14.1. The number of rotatable bonds is 14. The molecule has 0 aliphatic heterocycles. The molecule has 0 aromatic heterocycles. The van der Waals surface area contributed by atoms with E-state index >= 15 is 0 Å². The van der Waals surface area contributed by atoms with Crippen LogP contribution in [0.3, 0.4) is 0 Å². The molecule has 19 heavy (non-hydrogen) atoms. The van der Waals surface area contributed by atoms with Crippen LogP contribution in [-0.2, 0) is 14.2 Å². The molecule has 0 aromatic rings. The summed E-state index contributed by atoms with van der Waals surface area (Å²) in [4.78, 5) is 0. The van der Waals surface area contributed by atoms with Crippen molar-refractivity contribution in [3.63, 3.8) is 0 Å². The van der Waals surface area contributed by atoms with Crippen molar-refractivity contribution < 1.29 is 14.2 Å². The van der Waals surface area contributed by atoms with Gasteiger partial charge in [-0.3, -0.25) is 0 Å². The second-order valence-electron chi connectivity index (χ2n) is 5.22. The number of nitrogens with one attached hydrogen (secondary N) is 1. The van der Waals surface area contributed by atoms with E-state index in [4.69, 9.17) is 14.2 Å². The summed E-state index contributed by atoms with van der Waals surface area (Å²) >= 11 is 0. The van der Waals surface area contributed by atoms with Crippen LogP contribution >= 0.6 is 0 Å². The van der Waals surface area contributed by atoms with Gasteiger partial charge in [-0.25, -0.2) is 0 Å². The van der Waals surface area contributed by atoms with Crippen LogP contribution in [0.1, 0.15) is 40.0 Å². The van der Waals surface area contributed by atoms with Crippen molar-refractivity contribution in [2.24, 2.45) is 5.92 Å². The van der Waals surface area contributed by atoms with E-state index in [1.165, 1.54) is 12.8 Å². The van der Waals surface area contributed by atoms with Gasteiger partial charge in [0.25, 0.3) is 0 Å². The summed E-state index contributed by atoms with van der Waals surface area (Å²) < 4.78 is 15.9. The lowest BCUT2D eigenvalue weighted by atomic mass is 10.00. The summed E-state index contributed by atoms with van der Waals surface area (Å²) in [5, 5.41) is 3.51. The molecule has 4 nitrogen and oxygen atoms in total. The highest BCUT2D eigenvalue weighted by atomic mass is 16.5. The van der Waals surface area contributed by atoms with Crippen LogP contribution in [0.2, 0.25) is 0 Å². The first kappa shape index (κ1) is 18.8. The third-order valence-electron chi connectivity index (χ3n) is 2.99. The number of hydrogen-bond acceptors (Lipinski definition) is 4. The smallest absolute Gasteiger partial charge is 0.0701 e. The molecule has 0 spiro atoms. The van der Waals surface area contributed by atoms with Crippen molar-refractivity contribution in [1.29, 1.82) is 0 Å². The topological polar surface area (TPSA) is 39.7 Å². The van der Waals surface area contributed by atoms with E-state index in [9.17, 15) is 0 Å². The quantitative estimate of drug-likeness (QED) is 0.494. The molecule has 4 heteroatoms. The van der Waals surface area contributed by atoms with E-state index in [0.29, 0.717) is 32.5 Å². The molecule has 0 aromatic carbocycles. The molecule has 0 aliphatic rings. The number of hydrogen-bond donors (Lipinski definition) is 1. The van der Waals surface area contributed by atoms with Crippen molar-refractivity contribution in [1.82, 2.24) is 5.32 Å². The van der Waals surface area contributed by atoms with Gasteiger partial charge in [0, 0.05) is 19.8 Å². The Morgan fingerprint density at radius 3 is 2.11 bits per heavy atom. The van der Waals surface area contributed by atoms with Gasteiger partial charge in [0.05, 0.1) is 26.4 Å². The molecule has 1 unspecified atom stereocenters. The van der Waals surface area contributed by atoms with Gasteiger partial charge in [0.2, 0.25) is 0 Å². The van der Waals surface area contributed by atoms with Crippen molar-refractivity contribution >= 4 is 0 Å². The Morgan fingerprint density at radius 1 is 0.895 bits per heavy atom. The highest BCUT2D eigenvalue weighted by Crippen LogP contribution is 2.10. The maximum absolute atomic E-state index is 5.60. The van der Waals surface area contributed by atoms with E-state index in [0.717, 1.165) is 25.5 Å². The summed E-state index contributed by atoms with van der Waals surface area (Å²) in [6, 6.07) is 0.564. The first-order valence-corrected chi connectivity index (χ1v) is 7.58. The first-order valence-electron chi connectivity index (χ1n) is 7.58. The Morgan fingerprint density at radius 2 is 1.53 bits per heavy atom. The zero-order valence-electron chi connectivity index (χ0n) is 13.2. The summed E-state index contributed by atoms with van der Waals surface area (Å²) in [6.07, 6.45) is 3.64. The molecule has 0 rings (SSSR count). The maximum atomic E-state index is 5.60. The Kier molecular flexibility index (Phi) is 14.1. The Balaban J connectivity index is 3.42. The lowest BCUT2D eigenvalue weighted by molar-refractivity contribution is 0.0216. The molecule has 0 fully saturated rings. The first-order chi connectivity index (χ1) is 9.20. The summed E-state index contributed by atoms with van der Waals surface area (Å²) in [5.41, 5.74) is 0. The molecule has 0 aliphatic carbocycles. The average Bonchev–Trinajstić information content (AvgIpc) is 2.38. The van der Waals surface area contributed by atoms with Gasteiger partial charge in [0.15, 0.2) is 0 Å². The fourth-order valence-electron chi connectivity index (χ4n) is 1.87. The van der Waals surface area contributed by atoms with Crippen molar-refractivity contribution in [3.05, 3.63) is 0 Å². The van der Waals surface area contributed by atoms with Crippen molar-refractivity contribution in [2.45, 2.75) is 46.1 Å². The van der Waals surface area contributed by atoms with Crippen LogP contribution in [-0.4, -0.2) is 52.7 Å². The van der Waals surface area contributed by atoms with Gasteiger partial charge in [-0.15, -0.1) is 0 Å². The molecule has 116 valence electrons. The molecular weight excluding hydrogens is 242 g/mol. The second-order valence-corrected chi connectivity index (χ2v) is 5.22. The minimum absolute atomic E-state index is 0.564. The van der Waals surface area contributed by atoms with Crippen LogP contribution in [0.25, 0.3) is 0 Å². The Bertz CT molecular complexity index is 177. The fourth-order valence-corrected chi connectivity index (χ4v) is 1.87. The zero-order chi connectivity index (χ0) is 14.3. The van der Waals surface area contributed by atoms with E-state index in [1.807, 2.05) is 0 Å². The molecule has 0 saturated heterocycles. The summed E-state index contributed by atoms with van der Waals surface area (Å²) in [5.74, 6) is 0.724. The van der Waals surface area contributed by atoms with Crippen molar-refractivity contribution in [2.75, 3.05) is 46.7 Å². The molecule has 0 heterocycles. The molecule has 0 bridgehead atoms. The minimum atomic E-state index is 0.564. The molecule has 0 saturated carbocycles. The molecule has 0 radical (unpaired) electrons. The highest BCUT2D eigenvalue weighted by molar-refractivity contribution is 4.64. The van der Waals surface area contributed by atoms with Crippen LogP contribution in [0.15, 0.2) is 0 Å². The second kappa shape index (κ2) is 14.3. The van der Waals surface area contributed by atoms with Crippen molar-refractivity contribution in [3.8, 4) is 0 Å². The van der Waals surface area contributed by atoms with E-state index in [1.54, 1.807) is 7.11 Å². The predicted octanol–water partition coefficient (Wildman–Crippen LogP) is 2.47. The predicted molar refractivity (Wildman–Crippen MR) is 79.7 cm³/mol. The number of ether oxygens (including phenoxy) is 3. The van der Waals surface area contributed by atoms with E-state index in [-0.39, 0.29) is 0 Å². The van der Waals surface area contributed by atoms with Gasteiger partial charge in [0.1, 0.15) is 0 Å². The summed E-state index contributed by atoms with van der Waals surface area (Å²) in [6.45, 7) is 11.2. The molecule has 0 amide bonds. The van der Waals surface area contributed by atoms with Crippen LogP contribution < -0.4 is 5.32 Å². The van der Waals surface area contributed by atoms with E-state index in [2.05, 4.69) is 26.1 Å². The fraction of sp³-hybridized carbons (Fsp3) is 1.00. The lowest BCUT2D eigenvalue weighted by Crippen LogP contribution is -2.29.